The van der Waals surface area contributed by atoms with E-state index in [1.807, 2.05) is 20.3 Å². The third kappa shape index (κ3) is 60.9. The first-order valence-electron chi connectivity index (χ1n) is 1.42. The largest absolute Gasteiger partial charge is 1.00 e. The van der Waals surface area contributed by atoms with Crippen LogP contribution in [-0.2, 0) is 22.4 Å². The van der Waals surface area contributed by atoms with E-state index in [0.29, 0.717) is 0 Å². The first-order chi connectivity index (χ1) is 2.41. The minimum absolute atomic E-state index is 0. The standard InChI is InChI=1S/C3H7.Au.ClH2Si/c1-3-2;;1-2/h3H,1-2H3;;2H2/q-1;+1;. The summed E-state index contributed by atoms with van der Waals surface area (Å²) in [6.07, 6.45) is 2.00. The quantitative estimate of drug-likeness (QED) is 0.356. The number of halogens is 1. The summed E-state index contributed by atoms with van der Waals surface area (Å²) in [5, 5.41) is 0. The summed E-state index contributed by atoms with van der Waals surface area (Å²) in [4.78, 5) is 0. The van der Waals surface area contributed by atoms with Gasteiger partial charge in [-0.3, -0.25) is 0 Å². The van der Waals surface area contributed by atoms with Gasteiger partial charge < -0.3 is 6.42 Å². The van der Waals surface area contributed by atoms with Gasteiger partial charge in [-0.1, -0.05) is 0 Å². The number of hydrogen-bond acceptors (Lipinski definition) is 0. The van der Waals surface area contributed by atoms with Crippen molar-refractivity contribution in [1.82, 2.24) is 0 Å². The van der Waals surface area contributed by atoms with E-state index in [9.17, 15) is 0 Å². The number of hydrogen-bond donors (Lipinski definition) is 0. The molecule has 0 spiro atoms. The molecule has 0 unspecified atom stereocenters. The maximum Gasteiger partial charge on any atom is 1.00 e. The van der Waals surface area contributed by atoms with Gasteiger partial charge in [-0.2, -0.15) is 24.9 Å². The van der Waals surface area contributed by atoms with Crippen LogP contribution in [0.1, 0.15) is 13.8 Å². The molecule has 0 aromatic heterocycles. The van der Waals surface area contributed by atoms with E-state index in [4.69, 9.17) is 0 Å². The molecule has 0 nitrogen and oxygen atoms in total. The SMILES string of the molecule is C[CH-]C.[Au+].[SiH2]Cl. The third-order valence-corrected chi connectivity index (χ3v) is 0. The molecule has 6 heavy (non-hydrogen) atoms. The van der Waals surface area contributed by atoms with E-state index in [1.165, 1.54) is 9.55 Å². The minimum atomic E-state index is 0. The van der Waals surface area contributed by atoms with Crippen LogP contribution in [0.2, 0.25) is 0 Å². The molecule has 0 fully saturated rings. The van der Waals surface area contributed by atoms with Crippen molar-refractivity contribution in [2.75, 3.05) is 0 Å². The third-order valence-electron chi connectivity index (χ3n) is 0. The molecule has 0 atom stereocenters. The van der Waals surface area contributed by atoms with Gasteiger partial charge in [0.2, 0.25) is 0 Å². The molecule has 0 aromatic rings. The van der Waals surface area contributed by atoms with E-state index in [2.05, 4.69) is 11.1 Å². The van der Waals surface area contributed by atoms with Crippen LogP contribution in [0.15, 0.2) is 0 Å². The molecule has 0 aliphatic rings. The molecule has 1 radical (unpaired) electrons. The van der Waals surface area contributed by atoms with Crippen LogP contribution in [-0.4, -0.2) is 9.55 Å². The fraction of sp³-hybridized carbons (Fsp3) is 0.667. The van der Waals surface area contributed by atoms with Gasteiger partial charge in [0, 0.05) is 0 Å². The van der Waals surface area contributed by atoms with Gasteiger partial charge in [0.15, 0.2) is 0 Å². The molecule has 3 heteroatoms. The summed E-state index contributed by atoms with van der Waals surface area (Å²) < 4.78 is 0. The van der Waals surface area contributed by atoms with Gasteiger partial charge in [0.1, 0.15) is 9.55 Å². The van der Waals surface area contributed by atoms with Crippen LogP contribution in [0.5, 0.6) is 0 Å². The molecule has 0 amide bonds. The van der Waals surface area contributed by atoms with Crippen LogP contribution in [0, 0.1) is 6.42 Å². The summed E-state index contributed by atoms with van der Waals surface area (Å²) in [5.41, 5.74) is 0. The van der Waals surface area contributed by atoms with Crippen molar-refractivity contribution in [2.24, 2.45) is 0 Å². The van der Waals surface area contributed by atoms with Gasteiger partial charge >= 0.3 is 22.4 Å². The van der Waals surface area contributed by atoms with Crippen molar-refractivity contribution in [3.63, 3.8) is 0 Å². The fourth-order valence-electron chi connectivity index (χ4n) is 0. The number of rotatable bonds is 0. The van der Waals surface area contributed by atoms with E-state index >= 15 is 0 Å². The first kappa shape index (κ1) is 15.7. The van der Waals surface area contributed by atoms with Crippen molar-refractivity contribution in [1.29, 1.82) is 0 Å². The van der Waals surface area contributed by atoms with E-state index in [1.54, 1.807) is 0 Å². The average Bonchev–Trinajstić information content (AvgIpc) is 1.46. The molecule has 0 saturated carbocycles. The Labute approximate surface area is 63.3 Å². The average molecular weight is 306 g/mol. The Bertz CT molecular complexity index is 10.8. The summed E-state index contributed by atoms with van der Waals surface area (Å²) in [5.74, 6) is 0. The van der Waals surface area contributed by atoms with Crippen molar-refractivity contribution < 1.29 is 22.4 Å². The Morgan fingerprint density at radius 1 is 1.33 bits per heavy atom. The van der Waals surface area contributed by atoms with Gasteiger partial charge in [-0.15, -0.1) is 0 Å². The molecule has 0 saturated heterocycles. The second-order valence-electron chi connectivity index (χ2n) is 0.577. The summed E-state index contributed by atoms with van der Waals surface area (Å²) in [6, 6.07) is 0. The summed E-state index contributed by atoms with van der Waals surface area (Å²) in [6.45, 7) is 4.00. The molecule has 0 rings (SSSR count). The van der Waals surface area contributed by atoms with Crippen LogP contribution in [0.25, 0.3) is 0 Å². The summed E-state index contributed by atoms with van der Waals surface area (Å²) in [7, 11) is 1.33. The Morgan fingerprint density at radius 3 is 1.33 bits per heavy atom. The Kier molecular flexibility index (Phi) is 89.0. The molecule has 0 aliphatic heterocycles. The zero-order chi connectivity index (χ0) is 4.71. The minimum Gasteiger partial charge on any atom is -0.335 e. The fourth-order valence-corrected chi connectivity index (χ4v) is 0. The molecule has 0 N–H and O–H groups in total. The van der Waals surface area contributed by atoms with Gasteiger partial charge in [0.05, 0.1) is 0 Å². The van der Waals surface area contributed by atoms with Crippen LogP contribution >= 0.6 is 11.1 Å². The molecular formula is C3H9AuClSi. The zero-order valence-corrected chi connectivity index (χ0v) is 8.30. The first-order valence-corrected chi connectivity index (χ1v) is 3.56. The van der Waals surface area contributed by atoms with Crippen molar-refractivity contribution in [3.05, 3.63) is 6.42 Å². The van der Waals surface area contributed by atoms with Crippen LogP contribution in [0.3, 0.4) is 0 Å². The Hall–Kier alpha value is 1.25. The van der Waals surface area contributed by atoms with E-state index in [-0.39, 0.29) is 22.4 Å². The molecule has 0 heterocycles. The van der Waals surface area contributed by atoms with Crippen molar-refractivity contribution >= 4 is 20.6 Å². The van der Waals surface area contributed by atoms with Crippen molar-refractivity contribution in [2.45, 2.75) is 13.8 Å². The Balaban J connectivity index is -0.0000000275. The second kappa shape index (κ2) is 34.1. The van der Waals surface area contributed by atoms with Crippen LogP contribution < -0.4 is 0 Å². The second-order valence-corrected chi connectivity index (χ2v) is 0.577. The molecule has 0 aliphatic carbocycles. The van der Waals surface area contributed by atoms with Crippen molar-refractivity contribution in [3.8, 4) is 0 Å². The van der Waals surface area contributed by atoms with Gasteiger partial charge in [0.25, 0.3) is 0 Å². The van der Waals surface area contributed by atoms with E-state index in [0.717, 1.165) is 0 Å². The maximum atomic E-state index is 4.67. The van der Waals surface area contributed by atoms with Crippen LogP contribution in [0.4, 0.5) is 0 Å². The normalized spacial score (nSPS) is 4.00. The summed E-state index contributed by atoms with van der Waals surface area (Å²) >= 11 is 4.67. The monoisotopic (exact) mass is 305 g/mol. The maximum absolute atomic E-state index is 4.67. The van der Waals surface area contributed by atoms with E-state index < -0.39 is 0 Å². The topological polar surface area (TPSA) is 0 Å². The molecule has 43 valence electrons. The Morgan fingerprint density at radius 2 is 1.33 bits per heavy atom. The zero-order valence-electron chi connectivity index (χ0n) is 3.96. The van der Waals surface area contributed by atoms with Gasteiger partial charge in [-0.05, 0) is 0 Å². The molecule has 0 aromatic carbocycles. The van der Waals surface area contributed by atoms with Gasteiger partial charge in [-0.25, -0.2) is 0 Å². The smallest absolute Gasteiger partial charge is 0.335 e. The predicted octanol–water partition coefficient (Wildman–Crippen LogP) is 1.00. The molecule has 0 bridgehead atoms. The molecular weight excluding hydrogens is 297 g/mol. The predicted molar refractivity (Wildman–Crippen MR) is 30.0 cm³/mol.